The number of halogens is 2. The fourth-order valence-corrected chi connectivity index (χ4v) is 2.21. The Hall–Kier alpha value is -1.58. The Labute approximate surface area is 128 Å². The fraction of sp³-hybridized carbons (Fsp3) is 0.200. The van der Waals surface area contributed by atoms with Gasteiger partial charge in [0.15, 0.2) is 0 Å². The highest BCUT2D eigenvalue weighted by Gasteiger charge is 2.07. The van der Waals surface area contributed by atoms with Gasteiger partial charge in [0.05, 0.1) is 30.0 Å². The lowest BCUT2D eigenvalue weighted by molar-refractivity contribution is 0.404. The fourth-order valence-electron chi connectivity index (χ4n) is 1.83. The molecule has 0 aliphatic carbocycles. The first kappa shape index (κ1) is 14.8. The van der Waals surface area contributed by atoms with Gasteiger partial charge in [-0.3, -0.25) is 0 Å². The van der Waals surface area contributed by atoms with Gasteiger partial charge in [0.1, 0.15) is 11.5 Å². The number of nitrogens with one attached hydrogen (secondary N) is 1. The van der Waals surface area contributed by atoms with E-state index < -0.39 is 0 Å². The molecule has 0 bridgehead atoms. The molecule has 0 amide bonds. The summed E-state index contributed by atoms with van der Waals surface area (Å²) in [4.78, 5) is 0. The van der Waals surface area contributed by atoms with E-state index in [4.69, 9.17) is 32.7 Å². The van der Waals surface area contributed by atoms with Crippen LogP contribution >= 0.6 is 23.2 Å². The Balaban J connectivity index is 2.19. The van der Waals surface area contributed by atoms with Gasteiger partial charge in [-0.1, -0.05) is 35.3 Å². The van der Waals surface area contributed by atoms with Crippen molar-refractivity contribution in [3.63, 3.8) is 0 Å². The predicted molar refractivity (Wildman–Crippen MR) is 83.3 cm³/mol. The van der Waals surface area contributed by atoms with Crippen LogP contribution in [0, 0.1) is 0 Å². The Morgan fingerprint density at radius 1 is 1.05 bits per heavy atom. The third-order valence-electron chi connectivity index (χ3n) is 2.91. The lowest BCUT2D eigenvalue weighted by Crippen LogP contribution is -2.02. The quantitative estimate of drug-likeness (QED) is 0.873. The van der Waals surface area contributed by atoms with Crippen molar-refractivity contribution in [3.8, 4) is 11.5 Å². The summed E-state index contributed by atoms with van der Waals surface area (Å²) in [6, 6.07) is 11.1. The third kappa shape index (κ3) is 3.30. The molecule has 5 heteroatoms. The maximum Gasteiger partial charge on any atom is 0.142 e. The molecule has 2 rings (SSSR count). The molecule has 2 aromatic carbocycles. The van der Waals surface area contributed by atoms with Crippen LogP contribution in [0.3, 0.4) is 0 Å². The molecule has 1 N–H and O–H groups in total. The number of hydrogen-bond acceptors (Lipinski definition) is 3. The van der Waals surface area contributed by atoms with Crippen LogP contribution in [-0.2, 0) is 6.54 Å². The Morgan fingerprint density at radius 3 is 2.55 bits per heavy atom. The van der Waals surface area contributed by atoms with Crippen LogP contribution in [0.4, 0.5) is 5.69 Å². The minimum atomic E-state index is 0.545. The minimum Gasteiger partial charge on any atom is -0.497 e. The monoisotopic (exact) mass is 311 g/mol. The second kappa shape index (κ2) is 6.73. The molecule has 0 aromatic heterocycles. The summed E-state index contributed by atoms with van der Waals surface area (Å²) in [5, 5.41) is 4.38. The summed E-state index contributed by atoms with van der Waals surface area (Å²) >= 11 is 12.2. The maximum absolute atomic E-state index is 6.16. The molecule has 0 atom stereocenters. The SMILES string of the molecule is COc1ccc(OC)c(NCc2cccc(Cl)c2Cl)c1. The highest BCUT2D eigenvalue weighted by molar-refractivity contribution is 6.42. The number of hydrogen-bond donors (Lipinski definition) is 1. The molecule has 0 aliphatic rings. The second-order valence-electron chi connectivity index (χ2n) is 4.13. The first-order valence-electron chi connectivity index (χ1n) is 6.04. The van der Waals surface area contributed by atoms with Crippen LogP contribution < -0.4 is 14.8 Å². The highest BCUT2D eigenvalue weighted by atomic mass is 35.5. The van der Waals surface area contributed by atoms with Crippen molar-refractivity contribution in [1.82, 2.24) is 0 Å². The van der Waals surface area contributed by atoms with Crippen LogP contribution in [0.15, 0.2) is 36.4 Å². The van der Waals surface area contributed by atoms with E-state index in [-0.39, 0.29) is 0 Å². The topological polar surface area (TPSA) is 30.5 Å². The molecule has 0 saturated carbocycles. The normalized spacial score (nSPS) is 10.2. The number of anilines is 1. The molecule has 106 valence electrons. The van der Waals surface area contributed by atoms with Crippen LogP contribution in [0.5, 0.6) is 11.5 Å². The van der Waals surface area contributed by atoms with Crippen LogP contribution in [0.2, 0.25) is 10.0 Å². The van der Waals surface area contributed by atoms with Gasteiger partial charge >= 0.3 is 0 Å². The lowest BCUT2D eigenvalue weighted by atomic mass is 10.2. The van der Waals surface area contributed by atoms with E-state index >= 15 is 0 Å². The number of rotatable bonds is 5. The van der Waals surface area contributed by atoms with Crippen molar-refractivity contribution in [3.05, 3.63) is 52.0 Å². The van der Waals surface area contributed by atoms with Gasteiger partial charge in [0.25, 0.3) is 0 Å². The van der Waals surface area contributed by atoms with E-state index in [0.717, 1.165) is 22.7 Å². The van der Waals surface area contributed by atoms with Crippen LogP contribution in [0.1, 0.15) is 5.56 Å². The van der Waals surface area contributed by atoms with Crippen molar-refractivity contribution >= 4 is 28.9 Å². The van der Waals surface area contributed by atoms with Crippen molar-refractivity contribution in [2.75, 3.05) is 19.5 Å². The van der Waals surface area contributed by atoms with Crippen LogP contribution in [0.25, 0.3) is 0 Å². The number of ether oxygens (including phenoxy) is 2. The Bertz CT molecular complexity index is 602. The summed E-state index contributed by atoms with van der Waals surface area (Å²) in [6.07, 6.45) is 0. The maximum atomic E-state index is 6.16. The van der Waals surface area contributed by atoms with Gasteiger partial charge in [-0.2, -0.15) is 0 Å². The lowest BCUT2D eigenvalue weighted by Gasteiger charge is -2.13. The van der Waals surface area contributed by atoms with Crippen LogP contribution in [-0.4, -0.2) is 14.2 Å². The van der Waals surface area contributed by atoms with E-state index in [1.54, 1.807) is 20.3 Å². The summed E-state index contributed by atoms with van der Waals surface area (Å²) in [7, 11) is 3.25. The Kier molecular flexibility index (Phi) is 4.99. The van der Waals surface area contributed by atoms with Gasteiger partial charge in [-0.15, -0.1) is 0 Å². The number of methoxy groups -OCH3 is 2. The highest BCUT2D eigenvalue weighted by Crippen LogP contribution is 2.31. The summed E-state index contributed by atoms with van der Waals surface area (Å²) in [5.74, 6) is 1.49. The zero-order valence-electron chi connectivity index (χ0n) is 11.2. The molecule has 0 saturated heterocycles. The molecule has 2 aromatic rings. The summed E-state index contributed by atoms with van der Waals surface area (Å²) in [5.41, 5.74) is 1.76. The van der Waals surface area contributed by atoms with E-state index in [1.807, 2.05) is 30.3 Å². The average Bonchev–Trinajstić information content (AvgIpc) is 2.48. The van der Waals surface area contributed by atoms with E-state index in [0.29, 0.717) is 16.6 Å². The first-order valence-corrected chi connectivity index (χ1v) is 6.80. The van der Waals surface area contributed by atoms with Gasteiger partial charge in [0.2, 0.25) is 0 Å². The molecule has 3 nitrogen and oxygen atoms in total. The van der Waals surface area contributed by atoms with E-state index in [2.05, 4.69) is 5.32 Å². The summed E-state index contributed by atoms with van der Waals surface area (Å²) in [6.45, 7) is 0.545. The molecule has 0 spiro atoms. The predicted octanol–water partition coefficient (Wildman–Crippen LogP) is 4.62. The van der Waals surface area contributed by atoms with E-state index in [1.165, 1.54) is 0 Å². The second-order valence-corrected chi connectivity index (χ2v) is 4.92. The van der Waals surface area contributed by atoms with Gasteiger partial charge < -0.3 is 14.8 Å². The van der Waals surface area contributed by atoms with Crippen molar-refractivity contribution in [2.45, 2.75) is 6.54 Å². The standard InChI is InChI=1S/C15H15Cl2NO2/c1-19-11-6-7-14(20-2)13(8-11)18-9-10-4-3-5-12(16)15(10)17/h3-8,18H,9H2,1-2H3. The van der Waals surface area contributed by atoms with Gasteiger partial charge in [-0.25, -0.2) is 0 Å². The molecular formula is C15H15Cl2NO2. The van der Waals surface area contributed by atoms with Crippen molar-refractivity contribution in [2.24, 2.45) is 0 Å². The third-order valence-corrected chi connectivity index (χ3v) is 3.77. The average molecular weight is 312 g/mol. The zero-order valence-corrected chi connectivity index (χ0v) is 12.8. The first-order chi connectivity index (χ1) is 9.65. The Morgan fingerprint density at radius 2 is 1.85 bits per heavy atom. The molecule has 0 radical (unpaired) electrons. The number of benzene rings is 2. The smallest absolute Gasteiger partial charge is 0.142 e. The molecule has 0 fully saturated rings. The van der Waals surface area contributed by atoms with Crippen molar-refractivity contribution < 1.29 is 9.47 Å². The largest absolute Gasteiger partial charge is 0.497 e. The molecule has 0 unspecified atom stereocenters. The molecule has 0 heterocycles. The molecular weight excluding hydrogens is 297 g/mol. The summed E-state index contributed by atoms with van der Waals surface area (Å²) < 4.78 is 10.5. The molecule has 0 aliphatic heterocycles. The van der Waals surface area contributed by atoms with Crippen molar-refractivity contribution in [1.29, 1.82) is 0 Å². The minimum absolute atomic E-state index is 0.545. The molecule has 20 heavy (non-hydrogen) atoms. The van der Waals surface area contributed by atoms with Gasteiger partial charge in [-0.05, 0) is 23.8 Å². The van der Waals surface area contributed by atoms with E-state index in [9.17, 15) is 0 Å². The zero-order chi connectivity index (χ0) is 14.5. The van der Waals surface area contributed by atoms with Gasteiger partial charge in [0, 0.05) is 12.6 Å².